The van der Waals surface area contributed by atoms with Gasteiger partial charge >= 0.3 is 0 Å². The molecule has 0 bridgehead atoms. The van der Waals surface area contributed by atoms with Gasteiger partial charge in [-0.05, 0) is 86.9 Å². The van der Waals surface area contributed by atoms with Crippen molar-refractivity contribution in [3.8, 4) is 0 Å². The molecule has 3 nitrogen and oxygen atoms in total. The summed E-state index contributed by atoms with van der Waals surface area (Å²) in [6, 6.07) is 22.5. The van der Waals surface area contributed by atoms with Gasteiger partial charge in [-0.15, -0.1) is 0 Å². The molecule has 196 valence electrons. The molecule has 3 heteroatoms. The van der Waals surface area contributed by atoms with Gasteiger partial charge in [0.1, 0.15) is 11.3 Å². The van der Waals surface area contributed by atoms with E-state index >= 15 is 0 Å². The summed E-state index contributed by atoms with van der Waals surface area (Å²) in [5, 5.41) is 0. The second kappa shape index (κ2) is 10.9. The molecule has 2 unspecified atom stereocenters. The third-order valence-corrected chi connectivity index (χ3v) is 8.93. The van der Waals surface area contributed by atoms with Crippen LogP contribution in [0.25, 0.3) is 5.57 Å². The van der Waals surface area contributed by atoms with Crippen LogP contribution in [0.2, 0.25) is 0 Å². The number of allylic oxidation sites excluding steroid dienone is 2. The van der Waals surface area contributed by atoms with Gasteiger partial charge in [0.15, 0.2) is 0 Å². The molecule has 2 aromatic carbocycles. The summed E-state index contributed by atoms with van der Waals surface area (Å²) in [5.74, 6) is 1.52. The zero-order chi connectivity index (χ0) is 25.9. The Bertz CT molecular complexity index is 1150. The molecule has 3 aliphatic rings. The highest BCUT2D eigenvalue weighted by atomic mass is 16.5. The Morgan fingerprint density at radius 1 is 0.946 bits per heavy atom. The summed E-state index contributed by atoms with van der Waals surface area (Å²) in [6.07, 6.45) is 12.5. The van der Waals surface area contributed by atoms with E-state index in [2.05, 4.69) is 105 Å². The summed E-state index contributed by atoms with van der Waals surface area (Å²) in [4.78, 5) is 2.85. The molecule has 1 heterocycles. The lowest BCUT2D eigenvalue weighted by Gasteiger charge is -2.48. The van der Waals surface area contributed by atoms with E-state index in [9.17, 15) is 0 Å². The Morgan fingerprint density at radius 3 is 2.32 bits per heavy atom. The number of likely N-dealkylation sites (tertiary alicyclic amines) is 1. The highest BCUT2D eigenvalue weighted by Gasteiger charge is 2.70. The van der Waals surface area contributed by atoms with Gasteiger partial charge in [-0.2, -0.15) is 0 Å². The summed E-state index contributed by atoms with van der Waals surface area (Å²) in [5.41, 5.74) is 5.23. The van der Waals surface area contributed by atoms with Gasteiger partial charge in [-0.25, -0.2) is 0 Å². The maximum atomic E-state index is 6.68. The molecule has 2 fully saturated rings. The molecule has 4 atom stereocenters. The summed E-state index contributed by atoms with van der Waals surface area (Å²) >= 11 is 0. The maximum Gasteiger partial charge on any atom is 0.121 e. The fraction of sp³-hybridized carbons (Fsp3) is 0.471. The molecule has 1 aliphatic heterocycles. The number of rotatable bonds is 10. The lowest BCUT2D eigenvalue weighted by Crippen LogP contribution is -2.54. The predicted octanol–water partition coefficient (Wildman–Crippen LogP) is 7.91. The fourth-order valence-corrected chi connectivity index (χ4v) is 7.93. The molecule has 0 aromatic heterocycles. The van der Waals surface area contributed by atoms with E-state index in [0.29, 0.717) is 25.2 Å². The molecule has 1 spiro atoms. The SMILES string of the molecule is CCCN1[C@H](CC)[C@](/C=C/OCC)(c2ccccc2)C2CCCC3=C(c4ccccc4)C=C(OCC)C321. The van der Waals surface area contributed by atoms with Gasteiger partial charge in [-0.3, -0.25) is 4.90 Å². The highest BCUT2D eigenvalue weighted by Crippen LogP contribution is 2.66. The average molecular weight is 498 g/mol. The molecule has 2 aliphatic carbocycles. The topological polar surface area (TPSA) is 21.7 Å². The predicted molar refractivity (Wildman–Crippen MR) is 153 cm³/mol. The number of benzene rings is 2. The van der Waals surface area contributed by atoms with E-state index in [4.69, 9.17) is 9.47 Å². The minimum atomic E-state index is -0.234. The van der Waals surface area contributed by atoms with E-state index in [1.807, 2.05) is 6.26 Å². The fourth-order valence-electron chi connectivity index (χ4n) is 7.93. The normalized spacial score (nSPS) is 29.4. The lowest BCUT2D eigenvalue weighted by molar-refractivity contribution is 0.0556. The van der Waals surface area contributed by atoms with Gasteiger partial charge in [0.2, 0.25) is 0 Å². The van der Waals surface area contributed by atoms with Crippen LogP contribution in [-0.2, 0) is 14.9 Å². The monoisotopic (exact) mass is 497 g/mol. The standard InChI is InChI=1S/C34H43NO2/c1-5-23-35-31(6-2)33(22-24-36-7-3,27-18-13-10-14-19-27)30-21-15-20-29-28(26-16-11-9-12-17-26)25-32(37-8-4)34(29,30)35/h9-14,16-19,22,24-25,30-31H,5-8,15,20-21,23H2,1-4H3/b24-22+/t30?,31-,33-,34?/m1/s1. The van der Waals surface area contributed by atoms with Crippen molar-refractivity contribution in [3.05, 3.63) is 102 Å². The van der Waals surface area contributed by atoms with Gasteiger partial charge < -0.3 is 9.47 Å². The first-order valence-electron chi connectivity index (χ1n) is 14.5. The van der Waals surface area contributed by atoms with Crippen LogP contribution in [0.15, 0.2) is 90.4 Å². The van der Waals surface area contributed by atoms with Crippen LogP contribution in [0.1, 0.15) is 70.9 Å². The molecule has 0 radical (unpaired) electrons. The zero-order valence-corrected chi connectivity index (χ0v) is 23.1. The van der Waals surface area contributed by atoms with Crippen LogP contribution in [0.4, 0.5) is 0 Å². The maximum absolute atomic E-state index is 6.68. The number of nitrogens with zero attached hydrogens (tertiary/aromatic N) is 1. The first kappa shape index (κ1) is 25.9. The average Bonchev–Trinajstić information content (AvgIpc) is 3.40. The second-order valence-electron chi connectivity index (χ2n) is 10.6. The van der Waals surface area contributed by atoms with Crippen LogP contribution in [0.3, 0.4) is 0 Å². The first-order valence-corrected chi connectivity index (χ1v) is 14.5. The Morgan fingerprint density at radius 2 is 1.68 bits per heavy atom. The quantitative estimate of drug-likeness (QED) is 0.311. The van der Waals surface area contributed by atoms with Crippen LogP contribution in [-0.4, -0.2) is 36.2 Å². The second-order valence-corrected chi connectivity index (χ2v) is 10.6. The first-order chi connectivity index (χ1) is 18.2. The van der Waals surface area contributed by atoms with Gasteiger partial charge in [0, 0.05) is 17.4 Å². The number of ether oxygens (including phenoxy) is 2. The molecular weight excluding hydrogens is 454 g/mol. The van der Waals surface area contributed by atoms with E-state index in [1.54, 1.807) is 5.57 Å². The van der Waals surface area contributed by atoms with Crippen LogP contribution in [0, 0.1) is 5.92 Å². The van der Waals surface area contributed by atoms with Gasteiger partial charge in [-0.1, -0.05) is 74.5 Å². The van der Waals surface area contributed by atoms with E-state index in [1.165, 1.54) is 23.1 Å². The molecule has 1 saturated heterocycles. The van der Waals surface area contributed by atoms with Crippen LogP contribution in [0.5, 0.6) is 0 Å². The molecular formula is C34H43NO2. The Hall–Kier alpha value is -2.78. The number of hydrogen-bond donors (Lipinski definition) is 0. The minimum Gasteiger partial charge on any atom is -0.502 e. The van der Waals surface area contributed by atoms with Crippen molar-refractivity contribution in [2.24, 2.45) is 5.92 Å². The molecule has 0 N–H and O–H groups in total. The van der Waals surface area contributed by atoms with Crippen molar-refractivity contribution in [2.45, 2.75) is 76.8 Å². The zero-order valence-electron chi connectivity index (χ0n) is 23.1. The lowest BCUT2D eigenvalue weighted by atomic mass is 9.57. The van der Waals surface area contributed by atoms with Gasteiger partial charge in [0.25, 0.3) is 0 Å². The van der Waals surface area contributed by atoms with Crippen molar-refractivity contribution in [1.29, 1.82) is 0 Å². The van der Waals surface area contributed by atoms with Crippen molar-refractivity contribution < 1.29 is 9.47 Å². The van der Waals surface area contributed by atoms with E-state index in [-0.39, 0.29) is 11.0 Å². The van der Waals surface area contributed by atoms with Crippen molar-refractivity contribution in [1.82, 2.24) is 4.90 Å². The molecule has 5 rings (SSSR count). The van der Waals surface area contributed by atoms with Crippen molar-refractivity contribution >= 4 is 5.57 Å². The molecule has 2 aromatic rings. The summed E-state index contributed by atoms with van der Waals surface area (Å²) in [7, 11) is 0. The minimum absolute atomic E-state index is 0.172. The third kappa shape index (κ3) is 3.89. The summed E-state index contributed by atoms with van der Waals surface area (Å²) in [6.45, 7) is 11.3. The van der Waals surface area contributed by atoms with E-state index in [0.717, 1.165) is 38.0 Å². The van der Waals surface area contributed by atoms with Gasteiger partial charge in [0.05, 0.1) is 19.5 Å². The molecule has 1 saturated carbocycles. The molecule has 0 amide bonds. The van der Waals surface area contributed by atoms with Crippen molar-refractivity contribution in [3.63, 3.8) is 0 Å². The highest BCUT2D eigenvalue weighted by molar-refractivity contribution is 5.84. The summed E-state index contributed by atoms with van der Waals surface area (Å²) < 4.78 is 12.6. The van der Waals surface area contributed by atoms with Crippen molar-refractivity contribution in [2.75, 3.05) is 19.8 Å². The van der Waals surface area contributed by atoms with Crippen LogP contribution < -0.4 is 0 Å². The Labute approximate surface area is 223 Å². The number of hydrogen-bond acceptors (Lipinski definition) is 3. The smallest absolute Gasteiger partial charge is 0.121 e. The Balaban J connectivity index is 1.83. The molecule has 37 heavy (non-hydrogen) atoms. The van der Waals surface area contributed by atoms with Crippen LogP contribution >= 0.6 is 0 Å². The van der Waals surface area contributed by atoms with E-state index < -0.39 is 0 Å². The third-order valence-electron chi connectivity index (χ3n) is 8.93. The Kier molecular flexibility index (Phi) is 7.62. The largest absolute Gasteiger partial charge is 0.502 e.